The minimum atomic E-state index is 0.360. The van der Waals surface area contributed by atoms with E-state index in [1.54, 1.807) is 12.1 Å². The molecule has 0 atom stereocenters. The summed E-state index contributed by atoms with van der Waals surface area (Å²) >= 11 is 18.9. The molecule has 0 unspecified atom stereocenters. The molecule has 2 rings (SSSR count). The Hall–Kier alpha value is -0.260. The van der Waals surface area contributed by atoms with Gasteiger partial charge >= 0.3 is 0 Å². The lowest BCUT2D eigenvalue weighted by atomic mass is 10.2. The summed E-state index contributed by atoms with van der Waals surface area (Å²) in [5.74, 6) is 1.14. The molecule has 100 valence electrons. The zero-order valence-electron chi connectivity index (χ0n) is 9.59. The lowest BCUT2D eigenvalue weighted by molar-refractivity contribution is 0.476. The third-order valence-electron chi connectivity index (χ3n) is 2.47. The van der Waals surface area contributed by atoms with Gasteiger partial charge in [-0.2, -0.15) is 0 Å². The quantitative estimate of drug-likeness (QED) is 0.633. The highest BCUT2D eigenvalue weighted by molar-refractivity contribution is 9.10. The van der Waals surface area contributed by atoms with Gasteiger partial charge in [-0.15, -0.1) is 0 Å². The van der Waals surface area contributed by atoms with Crippen LogP contribution in [0.3, 0.4) is 0 Å². The molecule has 0 saturated carbocycles. The SMILES string of the molecule is NCc1c(Br)cccc1Oc1cc(Cl)c(Br)cc1Cl. The van der Waals surface area contributed by atoms with Crippen LogP contribution in [0.2, 0.25) is 10.0 Å². The van der Waals surface area contributed by atoms with E-state index in [1.807, 2.05) is 18.2 Å². The van der Waals surface area contributed by atoms with Crippen molar-refractivity contribution < 1.29 is 4.74 Å². The van der Waals surface area contributed by atoms with Gasteiger partial charge in [0.2, 0.25) is 0 Å². The molecule has 0 amide bonds. The van der Waals surface area contributed by atoms with E-state index in [-0.39, 0.29) is 0 Å². The average Bonchev–Trinajstić information content (AvgIpc) is 2.36. The number of nitrogens with two attached hydrogens (primary N) is 1. The Kier molecular flexibility index (Phi) is 5.15. The van der Waals surface area contributed by atoms with E-state index in [0.717, 1.165) is 14.5 Å². The Morgan fingerprint density at radius 1 is 1.00 bits per heavy atom. The first-order chi connectivity index (χ1) is 9.02. The second-order valence-corrected chi connectivity index (χ2v) is 6.24. The van der Waals surface area contributed by atoms with Crippen molar-refractivity contribution in [1.82, 2.24) is 0 Å². The predicted octanol–water partition coefficient (Wildman–Crippen LogP) is 5.77. The summed E-state index contributed by atoms with van der Waals surface area (Å²) in [6.07, 6.45) is 0. The molecule has 0 aliphatic heterocycles. The normalized spacial score (nSPS) is 10.6. The Bertz CT molecular complexity index is 620. The minimum absolute atomic E-state index is 0.360. The van der Waals surface area contributed by atoms with Crippen LogP contribution in [0, 0.1) is 0 Å². The molecular weight excluding hydrogens is 417 g/mol. The molecule has 0 fully saturated rings. The summed E-state index contributed by atoms with van der Waals surface area (Å²) in [7, 11) is 0. The van der Waals surface area contributed by atoms with Gasteiger partial charge in [0.05, 0.1) is 10.0 Å². The van der Waals surface area contributed by atoms with Crippen molar-refractivity contribution in [1.29, 1.82) is 0 Å². The molecule has 0 heterocycles. The van der Waals surface area contributed by atoms with E-state index in [9.17, 15) is 0 Å². The Balaban J connectivity index is 2.42. The Labute approximate surface area is 138 Å². The van der Waals surface area contributed by atoms with Crippen LogP contribution >= 0.6 is 55.1 Å². The zero-order chi connectivity index (χ0) is 14.0. The van der Waals surface area contributed by atoms with Gasteiger partial charge in [0.25, 0.3) is 0 Å². The highest BCUT2D eigenvalue weighted by Gasteiger charge is 2.11. The molecule has 2 nitrogen and oxygen atoms in total. The predicted molar refractivity (Wildman–Crippen MR) is 86.3 cm³/mol. The van der Waals surface area contributed by atoms with Gasteiger partial charge in [0.15, 0.2) is 0 Å². The van der Waals surface area contributed by atoms with Gasteiger partial charge < -0.3 is 10.5 Å². The fourth-order valence-corrected chi connectivity index (χ4v) is 2.87. The van der Waals surface area contributed by atoms with Crippen LogP contribution in [0.4, 0.5) is 0 Å². The maximum absolute atomic E-state index is 6.13. The third kappa shape index (κ3) is 3.44. The highest BCUT2D eigenvalue weighted by Crippen LogP contribution is 2.38. The van der Waals surface area contributed by atoms with Crippen molar-refractivity contribution in [2.24, 2.45) is 5.73 Å². The van der Waals surface area contributed by atoms with Crippen molar-refractivity contribution in [3.8, 4) is 11.5 Å². The van der Waals surface area contributed by atoms with Gasteiger partial charge in [0, 0.05) is 27.1 Å². The van der Waals surface area contributed by atoms with Gasteiger partial charge in [-0.05, 0) is 34.1 Å². The van der Waals surface area contributed by atoms with Crippen molar-refractivity contribution in [2.45, 2.75) is 6.54 Å². The number of hydrogen-bond donors (Lipinski definition) is 1. The molecule has 0 aromatic heterocycles. The van der Waals surface area contributed by atoms with Crippen molar-refractivity contribution in [2.75, 3.05) is 0 Å². The molecule has 2 aromatic rings. The second-order valence-electron chi connectivity index (χ2n) is 3.72. The monoisotopic (exact) mass is 423 g/mol. The molecule has 6 heteroatoms. The van der Waals surface area contributed by atoms with Crippen LogP contribution in [-0.2, 0) is 6.54 Å². The van der Waals surface area contributed by atoms with Crippen molar-refractivity contribution >= 4 is 55.1 Å². The Morgan fingerprint density at radius 2 is 1.74 bits per heavy atom. The summed E-state index contributed by atoms with van der Waals surface area (Å²) < 4.78 is 7.42. The molecule has 0 saturated heterocycles. The van der Waals surface area contributed by atoms with E-state index >= 15 is 0 Å². The van der Waals surface area contributed by atoms with E-state index < -0.39 is 0 Å². The van der Waals surface area contributed by atoms with Crippen LogP contribution in [0.15, 0.2) is 39.3 Å². The molecule has 0 radical (unpaired) electrons. The molecule has 2 aromatic carbocycles. The fourth-order valence-electron chi connectivity index (χ4n) is 1.53. The average molecular weight is 426 g/mol. The molecule has 19 heavy (non-hydrogen) atoms. The first-order valence-electron chi connectivity index (χ1n) is 5.32. The smallest absolute Gasteiger partial charge is 0.147 e. The molecular formula is C13H9Br2Cl2NO. The summed E-state index contributed by atoms with van der Waals surface area (Å²) in [6.45, 7) is 0.360. The summed E-state index contributed by atoms with van der Waals surface area (Å²) in [5.41, 5.74) is 6.59. The Morgan fingerprint density at radius 3 is 2.42 bits per heavy atom. The van der Waals surface area contributed by atoms with E-state index in [4.69, 9.17) is 33.7 Å². The van der Waals surface area contributed by atoms with Crippen LogP contribution in [-0.4, -0.2) is 0 Å². The first kappa shape index (κ1) is 15.1. The van der Waals surface area contributed by atoms with Crippen LogP contribution < -0.4 is 10.5 Å². The molecule has 2 N–H and O–H groups in total. The van der Waals surface area contributed by atoms with Crippen LogP contribution in [0.25, 0.3) is 0 Å². The third-order valence-corrected chi connectivity index (χ3v) is 4.71. The lowest BCUT2D eigenvalue weighted by Gasteiger charge is -2.13. The molecule has 0 bridgehead atoms. The largest absolute Gasteiger partial charge is 0.455 e. The first-order valence-corrected chi connectivity index (χ1v) is 7.67. The summed E-state index contributed by atoms with van der Waals surface area (Å²) in [6, 6.07) is 8.96. The standard InChI is InChI=1S/C13H9Br2Cl2NO/c14-8-2-1-3-12(7(8)6-18)19-13-5-10(16)9(15)4-11(13)17/h1-5H,6,18H2. The fraction of sp³-hybridized carbons (Fsp3) is 0.0769. The summed E-state index contributed by atoms with van der Waals surface area (Å²) in [4.78, 5) is 0. The summed E-state index contributed by atoms with van der Waals surface area (Å²) in [5, 5.41) is 1.00. The van der Waals surface area contributed by atoms with Crippen molar-refractivity contribution in [3.63, 3.8) is 0 Å². The number of ether oxygens (including phenoxy) is 1. The van der Waals surface area contributed by atoms with Gasteiger partial charge in [-0.25, -0.2) is 0 Å². The topological polar surface area (TPSA) is 35.2 Å². The van der Waals surface area contributed by atoms with Gasteiger partial charge in [-0.1, -0.05) is 45.2 Å². The minimum Gasteiger partial charge on any atom is -0.455 e. The molecule has 0 spiro atoms. The van der Waals surface area contributed by atoms with Crippen LogP contribution in [0.5, 0.6) is 11.5 Å². The molecule has 0 aliphatic carbocycles. The van der Waals surface area contributed by atoms with Gasteiger partial charge in [0.1, 0.15) is 11.5 Å². The highest BCUT2D eigenvalue weighted by atomic mass is 79.9. The van der Waals surface area contributed by atoms with E-state index in [2.05, 4.69) is 31.9 Å². The van der Waals surface area contributed by atoms with Gasteiger partial charge in [-0.3, -0.25) is 0 Å². The van der Waals surface area contributed by atoms with E-state index in [1.165, 1.54) is 0 Å². The number of rotatable bonds is 3. The number of hydrogen-bond acceptors (Lipinski definition) is 2. The number of benzene rings is 2. The maximum atomic E-state index is 6.13. The zero-order valence-corrected chi connectivity index (χ0v) is 14.3. The lowest BCUT2D eigenvalue weighted by Crippen LogP contribution is -2.00. The maximum Gasteiger partial charge on any atom is 0.147 e. The molecule has 0 aliphatic rings. The number of halogens is 4. The van der Waals surface area contributed by atoms with Crippen molar-refractivity contribution in [3.05, 3.63) is 54.9 Å². The van der Waals surface area contributed by atoms with E-state index in [0.29, 0.717) is 28.1 Å². The second kappa shape index (κ2) is 6.46. The van der Waals surface area contributed by atoms with Crippen LogP contribution in [0.1, 0.15) is 5.56 Å².